The van der Waals surface area contributed by atoms with Crippen molar-refractivity contribution in [2.24, 2.45) is 0 Å². The van der Waals surface area contributed by atoms with Gasteiger partial charge in [0.1, 0.15) is 5.75 Å². The Morgan fingerprint density at radius 1 is 0.558 bits per heavy atom. The molecule has 0 aliphatic carbocycles. The highest BCUT2D eigenvalue weighted by Gasteiger charge is 2.17. The fraction of sp³-hybridized carbons (Fsp3) is 0.488. The van der Waals surface area contributed by atoms with Crippen LogP contribution in [0.4, 0.5) is 17.1 Å². The van der Waals surface area contributed by atoms with Crippen LogP contribution in [0.25, 0.3) is 0 Å². The van der Waals surface area contributed by atoms with Crippen molar-refractivity contribution in [2.75, 3.05) is 31.5 Å². The van der Waals surface area contributed by atoms with E-state index in [-0.39, 0.29) is 17.8 Å². The van der Waals surface area contributed by atoms with Gasteiger partial charge in [-0.1, -0.05) is 103 Å². The number of methoxy groups -OCH3 is 2. The normalized spacial score (nSPS) is 10.8. The van der Waals surface area contributed by atoms with Gasteiger partial charge in [0.15, 0.2) is 5.78 Å². The highest BCUT2D eigenvalue weighted by Crippen LogP contribution is 2.26. The maximum atomic E-state index is 12.8. The van der Waals surface area contributed by atoms with Gasteiger partial charge in [0.25, 0.3) is 0 Å². The van der Waals surface area contributed by atoms with Gasteiger partial charge in [-0.3, -0.25) is 9.59 Å². The number of ketones is 1. The summed E-state index contributed by atoms with van der Waals surface area (Å²) in [6.07, 6.45) is 20.9. The summed E-state index contributed by atoms with van der Waals surface area (Å²) in [5.41, 5.74) is 2.37. The van der Waals surface area contributed by atoms with E-state index in [9.17, 15) is 19.2 Å². The summed E-state index contributed by atoms with van der Waals surface area (Å²) >= 11 is 0. The Balaban J connectivity index is 1.32. The largest absolute Gasteiger partial charge is 0.494 e. The van der Waals surface area contributed by atoms with Crippen molar-refractivity contribution < 1.29 is 33.4 Å². The highest BCUT2D eigenvalue weighted by molar-refractivity contribution is 6.11. The van der Waals surface area contributed by atoms with Gasteiger partial charge in [-0.05, 0) is 73.2 Å². The molecule has 0 aliphatic heterocycles. The Morgan fingerprint density at radius 2 is 1.06 bits per heavy atom. The lowest BCUT2D eigenvalue weighted by Gasteiger charge is -2.13. The molecule has 3 aromatic rings. The zero-order valence-corrected chi connectivity index (χ0v) is 31.4. The van der Waals surface area contributed by atoms with Gasteiger partial charge in [0.2, 0.25) is 5.91 Å². The molecule has 1 amide bonds. The van der Waals surface area contributed by atoms with Crippen LogP contribution in [0.2, 0.25) is 0 Å². The predicted molar refractivity (Wildman–Crippen MR) is 208 cm³/mol. The minimum Gasteiger partial charge on any atom is -0.494 e. The minimum absolute atomic E-state index is 0.179. The monoisotopic (exact) mass is 714 g/mol. The Labute approximate surface area is 310 Å². The number of hydrogen-bond acceptors (Lipinski definition) is 8. The van der Waals surface area contributed by atoms with Gasteiger partial charge in [0, 0.05) is 16.9 Å². The standard InChI is InChI=1S/C43H58N2O7/c1-4-5-6-7-8-9-10-11-12-13-14-15-16-17-18-19-30-52-37-27-22-33(23-28-37)40(46)32-41(47)45-36-26-29-39(38(31-36)43(49)51-3)44-35-24-20-34(21-25-35)42(48)50-2/h20-29,31,44H,4-19,30,32H2,1-3H3,(H,45,47). The van der Waals surface area contributed by atoms with E-state index in [0.717, 1.165) is 12.8 Å². The number of ether oxygens (including phenoxy) is 3. The van der Waals surface area contributed by atoms with E-state index in [1.165, 1.54) is 110 Å². The average molecular weight is 715 g/mol. The van der Waals surface area contributed by atoms with Crippen molar-refractivity contribution in [3.63, 3.8) is 0 Å². The second kappa shape index (κ2) is 24.5. The lowest BCUT2D eigenvalue weighted by atomic mass is 10.0. The number of nitrogens with one attached hydrogen (secondary N) is 2. The smallest absolute Gasteiger partial charge is 0.340 e. The lowest BCUT2D eigenvalue weighted by molar-refractivity contribution is -0.115. The predicted octanol–water partition coefficient (Wildman–Crippen LogP) is 10.9. The topological polar surface area (TPSA) is 120 Å². The molecule has 0 saturated heterocycles. The van der Waals surface area contributed by atoms with Gasteiger partial charge in [-0.2, -0.15) is 0 Å². The quantitative estimate of drug-likeness (QED) is 0.0365. The number of carbonyl (C=O) groups is 4. The number of hydrogen-bond donors (Lipinski definition) is 2. The Kier molecular flexibility index (Phi) is 19.7. The van der Waals surface area contributed by atoms with Crippen LogP contribution in [0.5, 0.6) is 5.75 Å². The van der Waals surface area contributed by atoms with Crippen LogP contribution in [0.1, 0.15) is 147 Å². The molecule has 0 spiro atoms. The van der Waals surface area contributed by atoms with Crippen LogP contribution in [0.15, 0.2) is 66.7 Å². The lowest BCUT2D eigenvalue weighted by Crippen LogP contribution is -2.17. The second-order valence-electron chi connectivity index (χ2n) is 13.3. The molecule has 3 rings (SSSR count). The van der Waals surface area contributed by atoms with Crippen LogP contribution in [-0.4, -0.2) is 44.5 Å². The molecular formula is C43H58N2O7. The molecule has 9 heteroatoms. The van der Waals surface area contributed by atoms with Crippen molar-refractivity contribution in [1.82, 2.24) is 0 Å². The number of Topliss-reactive ketones (excluding diaryl/α,β-unsaturated/α-hetero) is 1. The van der Waals surface area contributed by atoms with E-state index >= 15 is 0 Å². The molecule has 52 heavy (non-hydrogen) atoms. The molecule has 0 radical (unpaired) electrons. The molecule has 0 atom stereocenters. The SMILES string of the molecule is CCCCCCCCCCCCCCCCCCOc1ccc(C(=O)CC(=O)Nc2ccc(Nc3ccc(C(=O)OC)cc3)c(C(=O)OC)c2)cc1. The first kappa shape index (κ1) is 41.8. The first-order chi connectivity index (χ1) is 25.3. The van der Waals surface area contributed by atoms with Crippen LogP contribution >= 0.6 is 0 Å². The van der Waals surface area contributed by atoms with Gasteiger partial charge < -0.3 is 24.8 Å². The van der Waals surface area contributed by atoms with Crippen molar-refractivity contribution in [1.29, 1.82) is 0 Å². The van der Waals surface area contributed by atoms with Crippen LogP contribution in [0.3, 0.4) is 0 Å². The molecule has 2 N–H and O–H groups in total. The number of amides is 1. The number of benzene rings is 3. The van der Waals surface area contributed by atoms with Crippen molar-refractivity contribution in [2.45, 2.75) is 116 Å². The van der Waals surface area contributed by atoms with E-state index < -0.39 is 17.8 Å². The van der Waals surface area contributed by atoms with Gasteiger partial charge in [0.05, 0.1) is 44.1 Å². The van der Waals surface area contributed by atoms with Crippen LogP contribution in [-0.2, 0) is 14.3 Å². The molecule has 0 unspecified atom stereocenters. The highest BCUT2D eigenvalue weighted by atomic mass is 16.5. The molecule has 282 valence electrons. The summed E-state index contributed by atoms with van der Waals surface area (Å²) in [5, 5.41) is 5.81. The molecule has 0 aromatic heterocycles. The van der Waals surface area contributed by atoms with Crippen LogP contribution in [0, 0.1) is 0 Å². The van der Waals surface area contributed by atoms with Crippen LogP contribution < -0.4 is 15.4 Å². The Morgan fingerprint density at radius 3 is 1.60 bits per heavy atom. The number of anilines is 3. The fourth-order valence-electron chi connectivity index (χ4n) is 6.00. The van der Waals surface area contributed by atoms with Crippen molar-refractivity contribution in [3.05, 3.63) is 83.4 Å². The molecule has 3 aromatic carbocycles. The molecular weight excluding hydrogens is 656 g/mol. The summed E-state index contributed by atoms with van der Waals surface area (Å²) < 4.78 is 15.5. The molecule has 0 heterocycles. The fourth-order valence-corrected chi connectivity index (χ4v) is 6.00. The third-order valence-corrected chi connectivity index (χ3v) is 9.06. The van der Waals surface area contributed by atoms with Crippen molar-refractivity contribution in [3.8, 4) is 5.75 Å². The van der Waals surface area contributed by atoms with E-state index in [1.54, 1.807) is 60.7 Å². The molecule has 0 aliphatic rings. The summed E-state index contributed by atoms with van der Waals surface area (Å²) in [5.74, 6) is -1.21. The third kappa shape index (κ3) is 15.7. The van der Waals surface area contributed by atoms with E-state index in [1.807, 2.05) is 0 Å². The average Bonchev–Trinajstić information content (AvgIpc) is 3.16. The zero-order chi connectivity index (χ0) is 37.4. The summed E-state index contributed by atoms with van der Waals surface area (Å²) in [6, 6.07) is 18.1. The first-order valence-electron chi connectivity index (χ1n) is 19.1. The summed E-state index contributed by atoms with van der Waals surface area (Å²) in [7, 11) is 2.57. The zero-order valence-electron chi connectivity index (χ0n) is 31.4. The molecule has 0 fully saturated rings. The first-order valence-corrected chi connectivity index (χ1v) is 19.1. The van der Waals surface area contributed by atoms with Gasteiger partial charge >= 0.3 is 11.9 Å². The number of carbonyl (C=O) groups excluding carboxylic acids is 4. The van der Waals surface area contributed by atoms with E-state index in [4.69, 9.17) is 14.2 Å². The number of rotatable bonds is 26. The minimum atomic E-state index is -0.613. The van der Waals surface area contributed by atoms with E-state index in [2.05, 4.69) is 17.6 Å². The number of unbranched alkanes of at least 4 members (excludes halogenated alkanes) is 15. The summed E-state index contributed by atoms with van der Waals surface area (Å²) in [4.78, 5) is 49.9. The van der Waals surface area contributed by atoms with E-state index in [0.29, 0.717) is 40.5 Å². The molecule has 0 saturated carbocycles. The second-order valence-corrected chi connectivity index (χ2v) is 13.3. The molecule has 0 bridgehead atoms. The van der Waals surface area contributed by atoms with Crippen molar-refractivity contribution >= 4 is 40.7 Å². The third-order valence-electron chi connectivity index (χ3n) is 9.06. The molecule has 9 nitrogen and oxygen atoms in total. The van der Waals surface area contributed by atoms with Gasteiger partial charge in [-0.15, -0.1) is 0 Å². The summed E-state index contributed by atoms with van der Waals surface area (Å²) in [6.45, 7) is 2.91. The Bertz CT molecular complexity index is 1520. The number of esters is 2. The maximum Gasteiger partial charge on any atom is 0.340 e. The van der Waals surface area contributed by atoms with Gasteiger partial charge in [-0.25, -0.2) is 9.59 Å². The Hall–Kier alpha value is -4.66. The maximum absolute atomic E-state index is 12.8.